The molecule has 1 heterocycles. The number of cyclic esters (lactones) is 1. The Labute approximate surface area is 151 Å². The lowest BCUT2D eigenvalue weighted by Crippen LogP contribution is -2.33. The standard InChI is InChI=1S/C20H20BrNO2/c1-3-13-20(17-7-5-4-6-8-17)14-22(19(23)24-20)15(2)16-9-11-18(21)12-10-16/h3-12,15H,1,13-14H2,2H3/t15-,20?/m0/s1. The predicted octanol–water partition coefficient (Wildman–Crippen LogP) is 5.43. The van der Waals surface area contributed by atoms with Crippen LogP contribution < -0.4 is 0 Å². The normalized spacial score (nSPS) is 21.4. The van der Waals surface area contributed by atoms with Crippen LogP contribution in [0.1, 0.15) is 30.5 Å². The highest BCUT2D eigenvalue weighted by molar-refractivity contribution is 9.10. The number of hydrogen-bond donors (Lipinski definition) is 0. The first-order valence-electron chi connectivity index (χ1n) is 7.97. The second-order valence-corrected chi connectivity index (χ2v) is 6.99. The molecule has 0 radical (unpaired) electrons. The first-order valence-corrected chi connectivity index (χ1v) is 8.76. The van der Waals surface area contributed by atoms with Crippen molar-refractivity contribution in [2.45, 2.75) is 25.0 Å². The Bertz CT molecular complexity index is 729. The highest BCUT2D eigenvalue weighted by Gasteiger charge is 2.47. The zero-order valence-corrected chi connectivity index (χ0v) is 15.2. The monoisotopic (exact) mass is 385 g/mol. The van der Waals surface area contributed by atoms with Crippen molar-refractivity contribution in [2.24, 2.45) is 0 Å². The van der Waals surface area contributed by atoms with Gasteiger partial charge in [-0.15, -0.1) is 6.58 Å². The number of rotatable bonds is 5. The fraction of sp³-hybridized carbons (Fsp3) is 0.250. The fourth-order valence-corrected chi connectivity index (χ4v) is 3.43. The van der Waals surface area contributed by atoms with Crippen molar-refractivity contribution < 1.29 is 9.53 Å². The van der Waals surface area contributed by atoms with E-state index in [0.717, 1.165) is 15.6 Å². The SMILES string of the molecule is C=CCC1(c2ccccc2)CN([C@@H](C)c2ccc(Br)cc2)C(=O)O1. The Hall–Kier alpha value is -2.07. The van der Waals surface area contributed by atoms with Crippen LogP contribution >= 0.6 is 15.9 Å². The number of carbonyl (C=O) groups is 1. The molecule has 3 nitrogen and oxygen atoms in total. The summed E-state index contributed by atoms with van der Waals surface area (Å²) < 4.78 is 6.88. The smallest absolute Gasteiger partial charge is 0.411 e. The predicted molar refractivity (Wildman–Crippen MR) is 98.7 cm³/mol. The minimum Gasteiger partial charge on any atom is -0.436 e. The Morgan fingerprint density at radius 3 is 2.54 bits per heavy atom. The minimum absolute atomic E-state index is 0.0546. The Morgan fingerprint density at radius 2 is 1.92 bits per heavy atom. The molecule has 1 amide bonds. The van der Waals surface area contributed by atoms with Crippen LogP contribution in [0.4, 0.5) is 4.79 Å². The molecule has 24 heavy (non-hydrogen) atoms. The number of ether oxygens (including phenoxy) is 1. The summed E-state index contributed by atoms with van der Waals surface area (Å²) in [6, 6.07) is 17.9. The molecule has 0 spiro atoms. The molecule has 3 rings (SSSR count). The van der Waals surface area contributed by atoms with E-state index in [1.54, 1.807) is 4.90 Å². The molecule has 0 aliphatic carbocycles. The summed E-state index contributed by atoms with van der Waals surface area (Å²) in [6.45, 7) is 6.38. The van der Waals surface area contributed by atoms with E-state index in [2.05, 4.69) is 22.5 Å². The highest BCUT2D eigenvalue weighted by Crippen LogP contribution is 2.40. The third kappa shape index (κ3) is 3.11. The summed E-state index contributed by atoms with van der Waals surface area (Å²) in [5.74, 6) is 0. The van der Waals surface area contributed by atoms with Gasteiger partial charge in [0.2, 0.25) is 0 Å². The van der Waals surface area contributed by atoms with Gasteiger partial charge in [-0.25, -0.2) is 4.79 Å². The van der Waals surface area contributed by atoms with E-state index in [1.807, 2.05) is 67.6 Å². The Morgan fingerprint density at radius 1 is 1.25 bits per heavy atom. The van der Waals surface area contributed by atoms with Gasteiger partial charge in [-0.3, -0.25) is 4.90 Å². The van der Waals surface area contributed by atoms with Gasteiger partial charge >= 0.3 is 6.09 Å². The fourth-order valence-electron chi connectivity index (χ4n) is 3.16. The van der Waals surface area contributed by atoms with E-state index in [4.69, 9.17) is 4.74 Å². The number of benzene rings is 2. The molecule has 1 unspecified atom stereocenters. The second kappa shape index (κ2) is 6.81. The number of hydrogen-bond acceptors (Lipinski definition) is 2. The second-order valence-electron chi connectivity index (χ2n) is 6.08. The topological polar surface area (TPSA) is 29.5 Å². The summed E-state index contributed by atoms with van der Waals surface area (Å²) in [5.41, 5.74) is 1.42. The van der Waals surface area contributed by atoms with Crippen LogP contribution in [0.5, 0.6) is 0 Å². The van der Waals surface area contributed by atoms with Gasteiger partial charge in [-0.1, -0.05) is 64.5 Å². The van der Waals surface area contributed by atoms with Gasteiger partial charge < -0.3 is 4.74 Å². The van der Waals surface area contributed by atoms with E-state index in [-0.39, 0.29) is 12.1 Å². The quantitative estimate of drug-likeness (QED) is 0.641. The van der Waals surface area contributed by atoms with Crippen LogP contribution in [0.3, 0.4) is 0 Å². The number of amides is 1. The van der Waals surface area contributed by atoms with Crippen LogP contribution in [0.2, 0.25) is 0 Å². The van der Waals surface area contributed by atoms with E-state index in [1.165, 1.54) is 0 Å². The van der Waals surface area contributed by atoms with Crippen molar-refractivity contribution in [1.29, 1.82) is 0 Å². The zero-order valence-electron chi connectivity index (χ0n) is 13.6. The molecule has 1 aliphatic rings. The largest absolute Gasteiger partial charge is 0.436 e. The van der Waals surface area contributed by atoms with Crippen molar-refractivity contribution in [3.05, 3.63) is 82.9 Å². The molecule has 2 atom stereocenters. The molecule has 1 saturated heterocycles. The molecule has 2 aromatic carbocycles. The van der Waals surface area contributed by atoms with Crippen molar-refractivity contribution in [3.8, 4) is 0 Å². The zero-order chi connectivity index (χ0) is 17.2. The molecule has 0 N–H and O–H groups in total. The van der Waals surface area contributed by atoms with Gasteiger partial charge in [0.15, 0.2) is 5.60 Å². The Balaban J connectivity index is 1.90. The maximum atomic E-state index is 12.6. The van der Waals surface area contributed by atoms with Crippen molar-refractivity contribution in [2.75, 3.05) is 6.54 Å². The van der Waals surface area contributed by atoms with Gasteiger partial charge in [-0.05, 0) is 30.2 Å². The lowest BCUT2D eigenvalue weighted by atomic mass is 9.90. The van der Waals surface area contributed by atoms with Gasteiger partial charge in [0.05, 0.1) is 12.6 Å². The van der Waals surface area contributed by atoms with E-state index < -0.39 is 5.60 Å². The third-order valence-electron chi connectivity index (χ3n) is 4.54. The summed E-state index contributed by atoms with van der Waals surface area (Å²) in [6.07, 6.45) is 2.12. The van der Waals surface area contributed by atoms with Crippen molar-refractivity contribution in [3.63, 3.8) is 0 Å². The Kier molecular flexibility index (Phi) is 4.76. The molecule has 1 fully saturated rings. The molecular formula is C20H20BrNO2. The van der Waals surface area contributed by atoms with Gasteiger partial charge in [0, 0.05) is 10.9 Å². The van der Waals surface area contributed by atoms with E-state index >= 15 is 0 Å². The van der Waals surface area contributed by atoms with Gasteiger partial charge in [0.25, 0.3) is 0 Å². The molecule has 0 bridgehead atoms. The molecule has 1 aliphatic heterocycles. The molecule has 0 saturated carbocycles. The number of nitrogens with zero attached hydrogens (tertiary/aromatic N) is 1. The minimum atomic E-state index is -0.663. The molecule has 2 aromatic rings. The van der Waals surface area contributed by atoms with Crippen LogP contribution in [-0.4, -0.2) is 17.5 Å². The lowest BCUT2D eigenvalue weighted by Gasteiger charge is -2.27. The van der Waals surface area contributed by atoms with Gasteiger partial charge in [-0.2, -0.15) is 0 Å². The molecule has 124 valence electrons. The molecular weight excluding hydrogens is 366 g/mol. The third-order valence-corrected chi connectivity index (χ3v) is 5.07. The van der Waals surface area contributed by atoms with E-state index in [9.17, 15) is 4.79 Å². The summed E-state index contributed by atoms with van der Waals surface area (Å²) in [7, 11) is 0. The van der Waals surface area contributed by atoms with Gasteiger partial charge in [0.1, 0.15) is 0 Å². The number of halogens is 1. The lowest BCUT2D eigenvalue weighted by molar-refractivity contribution is 0.0568. The summed E-state index contributed by atoms with van der Waals surface area (Å²) in [4.78, 5) is 14.4. The van der Waals surface area contributed by atoms with Crippen LogP contribution in [-0.2, 0) is 10.3 Å². The average Bonchev–Trinajstić information content (AvgIpc) is 2.94. The average molecular weight is 386 g/mol. The maximum Gasteiger partial charge on any atom is 0.411 e. The first kappa shape index (κ1) is 16.8. The maximum absolute atomic E-state index is 12.6. The molecule has 4 heteroatoms. The van der Waals surface area contributed by atoms with Crippen LogP contribution in [0.25, 0.3) is 0 Å². The van der Waals surface area contributed by atoms with Crippen LogP contribution in [0.15, 0.2) is 71.7 Å². The first-order chi connectivity index (χ1) is 11.6. The summed E-state index contributed by atoms with van der Waals surface area (Å²) >= 11 is 3.44. The highest BCUT2D eigenvalue weighted by atomic mass is 79.9. The number of carbonyl (C=O) groups excluding carboxylic acids is 1. The van der Waals surface area contributed by atoms with Crippen LogP contribution in [0, 0.1) is 0 Å². The summed E-state index contributed by atoms with van der Waals surface area (Å²) in [5, 5.41) is 0. The van der Waals surface area contributed by atoms with E-state index in [0.29, 0.717) is 13.0 Å². The van der Waals surface area contributed by atoms with Crippen molar-refractivity contribution >= 4 is 22.0 Å². The van der Waals surface area contributed by atoms with Crippen molar-refractivity contribution in [1.82, 2.24) is 4.90 Å². The molecule has 0 aromatic heterocycles.